The van der Waals surface area contributed by atoms with Crippen LogP contribution < -0.4 is 14.8 Å². The molecule has 1 aliphatic carbocycles. The zero-order chi connectivity index (χ0) is 26.3. The summed E-state index contributed by atoms with van der Waals surface area (Å²) in [4.78, 5) is 15.5. The Labute approximate surface area is 225 Å². The Balaban J connectivity index is 1.40. The van der Waals surface area contributed by atoms with E-state index in [-0.39, 0.29) is 29.8 Å². The lowest BCUT2D eigenvalue weighted by atomic mass is 9.85. The topological polar surface area (TPSA) is 60.0 Å². The van der Waals surface area contributed by atoms with Gasteiger partial charge in [0.05, 0.1) is 23.8 Å². The molecule has 6 rings (SSSR count). The fourth-order valence-electron chi connectivity index (χ4n) is 6.20. The maximum absolute atomic E-state index is 13.1. The van der Waals surface area contributed by atoms with Crippen LogP contribution in [0.2, 0.25) is 5.02 Å². The van der Waals surface area contributed by atoms with Gasteiger partial charge in [0, 0.05) is 12.1 Å². The molecule has 1 amide bonds. The predicted octanol–water partition coefficient (Wildman–Crippen LogP) is 6.64. The Kier molecular flexibility index (Phi) is 7.34. The van der Waals surface area contributed by atoms with Crippen LogP contribution in [-0.2, 0) is 11.2 Å². The van der Waals surface area contributed by atoms with Crippen molar-refractivity contribution in [2.24, 2.45) is 11.3 Å². The quantitative estimate of drug-likeness (QED) is 0.438. The molecule has 3 heterocycles. The number of fused-ring (bicyclic) bond motifs is 4. The number of piperidine rings is 3. The van der Waals surface area contributed by atoms with Crippen molar-refractivity contribution in [2.75, 3.05) is 26.2 Å². The largest absolute Gasteiger partial charge is 0.493 e. The number of nitrogens with one attached hydrogen (secondary N) is 1. The molecule has 3 aliphatic heterocycles. The molecule has 2 atom stereocenters. The van der Waals surface area contributed by atoms with Gasteiger partial charge in [0.1, 0.15) is 17.6 Å². The Morgan fingerprint density at radius 2 is 1.92 bits per heavy atom. The first kappa shape index (κ1) is 26.2. The second kappa shape index (κ2) is 10.4. The highest BCUT2D eigenvalue weighted by Gasteiger charge is 2.42. The SMILES string of the molecule is CCOc1cc2c(cc1-c1ccc(OC(C)C)c(Cl)c1)CC(C)(C)[C@H]2NC(=O)O[C@@H]1CN2CCC1CC2. The molecule has 37 heavy (non-hydrogen) atoms. The maximum Gasteiger partial charge on any atom is 0.407 e. The summed E-state index contributed by atoms with van der Waals surface area (Å²) in [6.07, 6.45) is 2.79. The van der Waals surface area contributed by atoms with Gasteiger partial charge in [-0.15, -0.1) is 0 Å². The van der Waals surface area contributed by atoms with E-state index < -0.39 is 0 Å². The van der Waals surface area contributed by atoms with Crippen LogP contribution in [0.3, 0.4) is 0 Å². The van der Waals surface area contributed by atoms with Gasteiger partial charge in [-0.2, -0.15) is 0 Å². The number of hydrogen-bond donors (Lipinski definition) is 1. The van der Waals surface area contributed by atoms with Crippen LogP contribution in [0.4, 0.5) is 4.79 Å². The number of nitrogens with zero attached hydrogens (tertiary/aromatic N) is 1. The van der Waals surface area contributed by atoms with Gasteiger partial charge in [0.25, 0.3) is 0 Å². The fourth-order valence-corrected chi connectivity index (χ4v) is 6.43. The molecule has 3 fully saturated rings. The van der Waals surface area contributed by atoms with Gasteiger partial charge in [-0.25, -0.2) is 4.79 Å². The number of carbonyl (C=O) groups is 1. The first-order chi connectivity index (χ1) is 17.6. The third kappa shape index (κ3) is 5.42. The van der Waals surface area contributed by atoms with Crippen LogP contribution in [0, 0.1) is 11.3 Å². The molecule has 0 saturated carbocycles. The van der Waals surface area contributed by atoms with Crippen LogP contribution in [0.5, 0.6) is 11.5 Å². The molecule has 0 unspecified atom stereocenters. The Morgan fingerprint density at radius 3 is 2.54 bits per heavy atom. The smallest absolute Gasteiger partial charge is 0.407 e. The van der Waals surface area contributed by atoms with Gasteiger partial charge in [-0.1, -0.05) is 31.5 Å². The van der Waals surface area contributed by atoms with Gasteiger partial charge >= 0.3 is 6.09 Å². The number of alkyl carbamates (subject to hydrolysis) is 1. The van der Waals surface area contributed by atoms with Crippen LogP contribution in [-0.4, -0.2) is 49.4 Å². The van der Waals surface area contributed by atoms with Crippen LogP contribution in [0.15, 0.2) is 30.3 Å². The highest BCUT2D eigenvalue weighted by molar-refractivity contribution is 6.32. The molecule has 0 spiro atoms. The zero-order valence-corrected chi connectivity index (χ0v) is 23.4. The van der Waals surface area contributed by atoms with E-state index in [2.05, 4.69) is 36.2 Å². The average Bonchev–Trinajstić information content (AvgIpc) is 3.09. The van der Waals surface area contributed by atoms with Gasteiger partial charge in [-0.3, -0.25) is 4.90 Å². The van der Waals surface area contributed by atoms with E-state index in [4.69, 9.17) is 25.8 Å². The lowest BCUT2D eigenvalue weighted by Crippen LogP contribution is -2.53. The summed E-state index contributed by atoms with van der Waals surface area (Å²) in [6, 6.07) is 10.00. The molecule has 200 valence electrons. The minimum absolute atomic E-state index is 0.0137. The van der Waals surface area contributed by atoms with Crippen molar-refractivity contribution in [3.8, 4) is 22.6 Å². The zero-order valence-electron chi connectivity index (χ0n) is 22.6. The highest BCUT2D eigenvalue weighted by Crippen LogP contribution is 2.49. The van der Waals surface area contributed by atoms with Gasteiger partial charge in [0.2, 0.25) is 0 Å². The van der Waals surface area contributed by atoms with Crippen molar-refractivity contribution in [1.29, 1.82) is 0 Å². The third-order valence-electron chi connectivity index (χ3n) is 8.00. The first-order valence-corrected chi connectivity index (χ1v) is 14.0. The number of benzene rings is 2. The van der Waals surface area contributed by atoms with Gasteiger partial charge in [-0.05, 0) is 105 Å². The molecular formula is C30H39ClN2O4. The van der Waals surface area contributed by atoms with E-state index in [1.54, 1.807) is 0 Å². The maximum atomic E-state index is 13.1. The van der Waals surface area contributed by atoms with Crippen molar-refractivity contribution in [2.45, 2.75) is 72.1 Å². The molecule has 7 heteroatoms. The second-order valence-corrected chi connectivity index (χ2v) is 12.0. The minimum Gasteiger partial charge on any atom is -0.493 e. The Hall–Kier alpha value is -2.44. The molecule has 4 aliphatic rings. The Morgan fingerprint density at radius 1 is 1.16 bits per heavy atom. The average molecular weight is 527 g/mol. The molecule has 2 aromatic carbocycles. The van der Waals surface area contributed by atoms with Gasteiger partial charge < -0.3 is 19.5 Å². The summed E-state index contributed by atoms with van der Waals surface area (Å²) in [6.45, 7) is 14.0. The van der Waals surface area contributed by atoms with Crippen molar-refractivity contribution in [3.63, 3.8) is 0 Å². The molecule has 1 N–H and O–H groups in total. The van der Waals surface area contributed by atoms with E-state index >= 15 is 0 Å². The number of ether oxygens (including phenoxy) is 3. The normalized spacial score (nSPS) is 25.6. The van der Waals surface area contributed by atoms with Crippen molar-refractivity contribution >= 4 is 17.7 Å². The number of halogens is 1. The summed E-state index contributed by atoms with van der Waals surface area (Å²) in [5.41, 5.74) is 4.10. The van der Waals surface area contributed by atoms with Crippen LogP contribution >= 0.6 is 11.6 Å². The van der Waals surface area contributed by atoms with Crippen molar-refractivity contribution < 1.29 is 19.0 Å². The summed E-state index contributed by atoms with van der Waals surface area (Å²) < 4.78 is 17.9. The van der Waals surface area contributed by atoms with E-state index in [1.165, 1.54) is 5.56 Å². The monoisotopic (exact) mass is 526 g/mol. The number of rotatable bonds is 7. The molecule has 6 nitrogen and oxygen atoms in total. The van der Waals surface area contributed by atoms with Crippen molar-refractivity contribution in [1.82, 2.24) is 10.2 Å². The lowest BCUT2D eigenvalue weighted by molar-refractivity contribution is -0.0349. The standard InChI is InChI=1S/C30H39ClN2O4/c1-6-35-26-15-23-21(13-22(26)20-7-8-25(24(31)14-20)36-18(2)3)16-30(4,5)28(23)32-29(34)37-27-17-33-11-9-19(27)10-12-33/h7-8,13-15,18-19,27-28H,6,9-12,16-17H2,1-5H3,(H,32,34)/t27-,28+/m1/s1. The van der Waals surface area contributed by atoms with Gasteiger partial charge in [0.15, 0.2) is 0 Å². The Bertz CT molecular complexity index is 1160. The summed E-state index contributed by atoms with van der Waals surface area (Å²) in [7, 11) is 0. The first-order valence-electron chi connectivity index (χ1n) is 13.6. The molecule has 2 aromatic rings. The second-order valence-electron chi connectivity index (χ2n) is 11.6. The lowest BCUT2D eigenvalue weighted by Gasteiger charge is -2.44. The van der Waals surface area contributed by atoms with Crippen LogP contribution in [0.25, 0.3) is 11.1 Å². The fraction of sp³-hybridized carbons (Fsp3) is 0.567. The number of carbonyl (C=O) groups excluding carboxylic acids is 1. The number of amides is 1. The predicted molar refractivity (Wildman–Crippen MR) is 147 cm³/mol. The highest BCUT2D eigenvalue weighted by atomic mass is 35.5. The van der Waals surface area contributed by atoms with E-state index in [0.29, 0.717) is 23.3 Å². The molecule has 0 aromatic heterocycles. The third-order valence-corrected chi connectivity index (χ3v) is 8.30. The molecule has 0 radical (unpaired) electrons. The van der Waals surface area contributed by atoms with E-state index in [9.17, 15) is 4.79 Å². The summed E-state index contributed by atoms with van der Waals surface area (Å²) in [5, 5.41) is 3.80. The number of hydrogen-bond acceptors (Lipinski definition) is 5. The summed E-state index contributed by atoms with van der Waals surface area (Å²) in [5.74, 6) is 1.94. The van der Waals surface area contributed by atoms with E-state index in [1.807, 2.05) is 39.0 Å². The van der Waals surface area contributed by atoms with Crippen LogP contribution in [0.1, 0.15) is 64.6 Å². The minimum atomic E-state index is -0.320. The molecular weight excluding hydrogens is 488 g/mol. The van der Waals surface area contributed by atoms with E-state index in [0.717, 1.165) is 61.3 Å². The van der Waals surface area contributed by atoms with Crippen molar-refractivity contribution in [3.05, 3.63) is 46.5 Å². The molecule has 2 bridgehead atoms. The summed E-state index contributed by atoms with van der Waals surface area (Å²) >= 11 is 6.57. The molecule has 3 saturated heterocycles.